The van der Waals surface area contributed by atoms with E-state index in [0.717, 1.165) is 16.3 Å². The number of aromatic nitrogens is 3. The largest absolute Gasteiger partial charge is 0.335 e. The molecule has 0 aliphatic rings. The second kappa shape index (κ2) is 9.48. The first-order valence-corrected chi connectivity index (χ1v) is 12.0. The molecule has 0 spiro atoms. The van der Waals surface area contributed by atoms with E-state index in [2.05, 4.69) is 15.0 Å². The van der Waals surface area contributed by atoms with E-state index in [1.807, 2.05) is 24.4 Å². The highest BCUT2D eigenvalue weighted by Crippen LogP contribution is 2.33. The third-order valence-corrected chi connectivity index (χ3v) is 7.10. The van der Waals surface area contributed by atoms with Gasteiger partial charge in [-0.1, -0.05) is 30.1 Å². The molecule has 3 heterocycles. The summed E-state index contributed by atoms with van der Waals surface area (Å²) in [5, 5.41) is 3.71. The van der Waals surface area contributed by atoms with E-state index in [-0.39, 0.29) is 24.4 Å². The Hall–Kier alpha value is -2.26. The molecule has 0 atom stereocenters. The van der Waals surface area contributed by atoms with Crippen LogP contribution in [0, 0.1) is 0 Å². The quantitative estimate of drug-likeness (QED) is 0.374. The lowest BCUT2D eigenvalue weighted by molar-refractivity contribution is -0.131. The van der Waals surface area contributed by atoms with Crippen molar-refractivity contribution in [1.82, 2.24) is 19.9 Å². The summed E-state index contributed by atoms with van der Waals surface area (Å²) in [5.74, 6) is 0.352. The fraction of sp³-hybridized carbons (Fsp3) is 0.238. The van der Waals surface area contributed by atoms with Gasteiger partial charge in [0, 0.05) is 16.9 Å². The number of benzene rings is 1. The van der Waals surface area contributed by atoms with Gasteiger partial charge in [0.05, 0.1) is 38.8 Å². The van der Waals surface area contributed by atoms with Gasteiger partial charge in [-0.05, 0) is 36.8 Å². The predicted octanol–water partition coefficient (Wildman–Crippen LogP) is 5.40. The van der Waals surface area contributed by atoms with E-state index in [4.69, 9.17) is 23.2 Å². The van der Waals surface area contributed by atoms with E-state index >= 15 is 0 Å². The molecule has 4 aromatic rings. The second-order valence-corrected chi connectivity index (χ2v) is 9.92. The van der Waals surface area contributed by atoms with Gasteiger partial charge in [-0.15, -0.1) is 22.7 Å². The first-order valence-electron chi connectivity index (χ1n) is 9.59. The van der Waals surface area contributed by atoms with Crippen molar-refractivity contribution in [2.75, 3.05) is 6.54 Å². The standard InChI is InChI=1S/C21H18Cl2N4O2S2/c1-2-7-27(10-18-25-15-8-12(22)3-4-14(15)20(29)26-18)19(28)9-13-11-30-21(24-13)16-5-6-17(23)31-16/h3-6,8,11H,2,7,9-10H2,1H3,(H,25,26,29). The van der Waals surface area contributed by atoms with Crippen molar-refractivity contribution in [3.63, 3.8) is 0 Å². The van der Waals surface area contributed by atoms with Crippen LogP contribution in [-0.2, 0) is 17.8 Å². The minimum atomic E-state index is -0.251. The molecule has 0 fully saturated rings. The maximum absolute atomic E-state index is 13.0. The van der Waals surface area contributed by atoms with Crippen molar-refractivity contribution in [3.8, 4) is 9.88 Å². The third kappa shape index (κ3) is 5.15. The lowest BCUT2D eigenvalue weighted by Crippen LogP contribution is -2.34. The number of halogens is 2. The molecule has 0 unspecified atom stereocenters. The van der Waals surface area contributed by atoms with Gasteiger partial charge >= 0.3 is 0 Å². The van der Waals surface area contributed by atoms with Crippen molar-refractivity contribution < 1.29 is 4.79 Å². The summed E-state index contributed by atoms with van der Waals surface area (Å²) in [7, 11) is 0. The molecule has 10 heteroatoms. The van der Waals surface area contributed by atoms with E-state index < -0.39 is 0 Å². The Bertz CT molecular complexity index is 1300. The van der Waals surface area contributed by atoms with Crippen LogP contribution >= 0.6 is 45.9 Å². The number of amides is 1. The summed E-state index contributed by atoms with van der Waals surface area (Å²) in [6.45, 7) is 2.76. The molecule has 31 heavy (non-hydrogen) atoms. The zero-order chi connectivity index (χ0) is 22.0. The number of hydrogen-bond donors (Lipinski definition) is 1. The normalized spacial score (nSPS) is 11.2. The number of hydrogen-bond acceptors (Lipinski definition) is 6. The monoisotopic (exact) mass is 492 g/mol. The molecule has 160 valence electrons. The Morgan fingerprint density at radius 2 is 2.03 bits per heavy atom. The van der Waals surface area contributed by atoms with Gasteiger partial charge in [0.2, 0.25) is 5.91 Å². The highest BCUT2D eigenvalue weighted by molar-refractivity contribution is 7.23. The molecule has 1 aromatic carbocycles. The van der Waals surface area contributed by atoms with Gasteiger partial charge in [0.15, 0.2) is 0 Å². The van der Waals surface area contributed by atoms with Crippen LogP contribution < -0.4 is 5.56 Å². The van der Waals surface area contributed by atoms with Crippen LogP contribution in [0.2, 0.25) is 9.36 Å². The highest BCUT2D eigenvalue weighted by Gasteiger charge is 2.18. The number of fused-ring (bicyclic) bond motifs is 1. The molecule has 6 nitrogen and oxygen atoms in total. The number of aromatic amines is 1. The van der Waals surface area contributed by atoms with E-state index in [1.165, 1.54) is 22.7 Å². The van der Waals surface area contributed by atoms with Crippen LogP contribution in [0.15, 0.2) is 40.5 Å². The summed E-state index contributed by atoms with van der Waals surface area (Å²) >= 11 is 15.0. The van der Waals surface area contributed by atoms with Crippen LogP contribution in [0.25, 0.3) is 20.8 Å². The number of carbonyl (C=O) groups excluding carboxylic acids is 1. The van der Waals surface area contributed by atoms with Gasteiger partial charge in [-0.3, -0.25) is 9.59 Å². The molecule has 0 aliphatic heterocycles. The average Bonchev–Trinajstić information content (AvgIpc) is 3.36. The molecular formula is C21H18Cl2N4O2S2. The fourth-order valence-electron chi connectivity index (χ4n) is 3.18. The molecule has 1 amide bonds. The maximum Gasteiger partial charge on any atom is 0.258 e. The van der Waals surface area contributed by atoms with Crippen LogP contribution in [0.1, 0.15) is 24.9 Å². The van der Waals surface area contributed by atoms with Crippen LogP contribution in [0.5, 0.6) is 0 Å². The van der Waals surface area contributed by atoms with Crippen LogP contribution in [0.3, 0.4) is 0 Å². The van der Waals surface area contributed by atoms with Gasteiger partial charge < -0.3 is 9.88 Å². The lowest BCUT2D eigenvalue weighted by atomic mass is 10.2. The first-order chi connectivity index (χ1) is 14.9. The number of nitrogens with zero attached hydrogens (tertiary/aromatic N) is 3. The second-order valence-electron chi connectivity index (χ2n) is 6.91. The van der Waals surface area contributed by atoms with Crippen molar-refractivity contribution in [2.45, 2.75) is 26.3 Å². The SMILES string of the molecule is CCCN(Cc1nc2cc(Cl)ccc2c(=O)[nH]1)C(=O)Cc1csc(-c2ccc(Cl)s2)n1. The minimum absolute atomic E-state index is 0.0725. The Morgan fingerprint density at radius 1 is 1.19 bits per heavy atom. The summed E-state index contributed by atoms with van der Waals surface area (Å²) < 4.78 is 0.704. The number of nitrogens with one attached hydrogen (secondary N) is 1. The van der Waals surface area contributed by atoms with E-state index in [9.17, 15) is 9.59 Å². The average molecular weight is 493 g/mol. The van der Waals surface area contributed by atoms with Gasteiger partial charge in [0.1, 0.15) is 10.8 Å². The molecule has 0 aliphatic carbocycles. The lowest BCUT2D eigenvalue weighted by Gasteiger charge is -2.21. The number of thiophene rings is 1. The Kier molecular flexibility index (Phi) is 6.71. The van der Waals surface area contributed by atoms with Gasteiger partial charge in [0.25, 0.3) is 5.56 Å². The van der Waals surface area contributed by atoms with Crippen molar-refractivity contribution >= 4 is 62.7 Å². The summed E-state index contributed by atoms with van der Waals surface area (Å²) in [6, 6.07) is 8.70. The molecule has 0 bridgehead atoms. The molecule has 1 N–H and O–H groups in total. The number of thiazole rings is 1. The van der Waals surface area contributed by atoms with Crippen molar-refractivity contribution in [3.05, 3.63) is 66.9 Å². The van der Waals surface area contributed by atoms with Crippen LogP contribution in [-0.4, -0.2) is 32.3 Å². The Balaban J connectivity index is 1.52. The first kappa shape index (κ1) is 22.0. The molecule has 0 saturated heterocycles. The maximum atomic E-state index is 13.0. The van der Waals surface area contributed by atoms with Gasteiger partial charge in [-0.25, -0.2) is 9.97 Å². The molecular weight excluding hydrogens is 475 g/mol. The Labute approximate surface area is 196 Å². The fourth-order valence-corrected chi connectivity index (χ4v) is 5.28. The zero-order valence-electron chi connectivity index (χ0n) is 16.5. The minimum Gasteiger partial charge on any atom is -0.335 e. The number of H-pyrrole nitrogens is 1. The highest BCUT2D eigenvalue weighted by atomic mass is 35.5. The molecule has 3 aromatic heterocycles. The zero-order valence-corrected chi connectivity index (χ0v) is 19.7. The topological polar surface area (TPSA) is 79.0 Å². The van der Waals surface area contributed by atoms with Gasteiger partial charge in [-0.2, -0.15) is 0 Å². The van der Waals surface area contributed by atoms with E-state index in [1.54, 1.807) is 23.1 Å². The van der Waals surface area contributed by atoms with Crippen molar-refractivity contribution in [2.24, 2.45) is 0 Å². The van der Waals surface area contributed by atoms with Crippen molar-refractivity contribution in [1.29, 1.82) is 0 Å². The predicted molar refractivity (Wildman–Crippen MR) is 127 cm³/mol. The molecule has 0 radical (unpaired) electrons. The molecule has 4 rings (SSSR count). The van der Waals surface area contributed by atoms with E-state index in [0.29, 0.717) is 38.3 Å². The number of rotatable bonds is 7. The summed E-state index contributed by atoms with van der Waals surface area (Å²) in [6.07, 6.45) is 0.963. The molecule has 0 saturated carbocycles. The summed E-state index contributed by atoms with van der Waals surface area (Å²) in [5.41, 5.74) is 0.968. The number of carbonyl (C=O) groups is 1. The third-order valence-electron chi connectivity index (χ3n) is 4.57. The van der Waals surface area contributed by atoms with Crippen LogP contribution in [0.4, 0.5) is 0 Å². The summed E-state index contributed by atoms with van der Waals surface area (Å²) in [4.78, 5) is 39.9. The smallest absolute Gasteiger partial charge is 0.258 e. The Morgan fingerprint density at radius 3 is 2.77 bits per heavy atom.